The fourth-order valence-corrected chi connectivity index (χ4v) is 2.30. The van der Waals surface area contributed by atoms with Crippen LogP contribution < -0.4 is 0 Å². The average Bonchev–Trinajstić information content (AvgIpc) is 2.47. The number of amides is 1. The zero-order chi connectivity index (χ0) is 13.0. The lowest BCUT2D eigenvalue weighted by molar-refractivity contribution is 0.0579. The standard InChI is InChI=1S/C14H21N3O/c1-3-12(2)16-8-10-17(11-9-16)14(18)13-4-6-15-7-5-13/h4-7,12H,3,8-11H2,1-2H3. The third-order valence-electron chi connectivity index (χ3n) is 3.74. The van der Waals surface area contributed by atoms with Gasteiger partial charge in [0.05, 0.1) is 0 Å². The second-order valence-electron chi connectivity index (χ2n) is 4.82. The van der Waals surface area contributed by atoms with Crippen molar-refractivity contribution in [1.29, 1.82) is 0 Å². The molecule has 98 valence electrons. The third-order valence-corrected chi connectivity index (χ3v) is 3.74. The van der Waals surface area contributed by atoms with Crippen molar-refractivity contribution in [2.45, 2.75) is 26.3 Å². The minimum atomic E-state index is 0.126. The maximum atomic E-state index is 12.2. The van der Waals surface area contributed by atoms with E-state index >= 15 is 0 Å². The predicted octanol–water partition coefficient (Wildman–Crippen LogP) is 1.64. The molecule has 0 saturated carbocycles. The van der Waals surface area contributed by atoms with Gasteiger partial charge in [0, 0.05) is 50.2 Å². The van der Waals surface area contributed by atoms with Gasteiger partial charge < -0.3 is 4.90 Å². The van der Waals surface area contributed by atoms with Gasteiger partial charge in [-0.15, -0.1) is 0 Å². The van der Waals surface area contributed by atoms with Crippen LogP contribution in [0.25, 0.3) is 0 Å². The van der Waals surface area contributed by atoms with E-state index in [-0.39, 0.29) is 5.91 Å². The third kappa shape index (κ3) is 2.88. The highest BCUT2D eigenvalue weighted by Gasteiger charge is 2.23. The molecule has 2 heterocycles. The molecule has 0 aliphatic carbocycles. The Balaban J connectivity index is 1.92. The Hall–Kier alpha value is -1.42. The topological polar surface area (TPSA) is 36.4 Å². The Morgan fingerprint density at radius 1 is 1.28 bits per heavy atom. The van der Waals surface area contributed by atoms with Crippen molar-refractivity contribution >= 4 is 5.91 Å². The largest absolute Gasteiger partial charge is 0.336 e. The lowest BCUT2D eigenvalue weighted by atomic mass is 10.1. The van der Waals surface area contributed by atoms with Gasteiger partial charge in [0.15, 0.2) is 0 Å². The number of rotatable bonds is 3. The minimum Gasteiger partial charge on any atom is -0.336 e. The average molecular weight is 247 g/mol. The van der Waals surface area contributed by atoms with Crippen LogP contribution >= 0.6 is 0 Å². The van der Waals surface area contributed by atoms with Crippen LogP contribution in [0.5, 0.6) is 0 Å². The molecule has 1 unspecified atom stereocenters. The molecule has 0 N–H and O–H groups in total. The molecule has 4 nitrogen and oxygen atoms in total. The van der Waals surface area contributed by atoms with Crippen molar-refractivity contribution in [2.75, 3.05) is 26.2 Å². The molecule has 1 aliphatic heterocycles. The van der Waals surface area contributed by atoms with E-state index in [4.69, 9.17) is 0 Å². The highest BCUT2D eigenvalue weighted by atomic mass is 16.2. The summed E-state index contributed by atoms with van der Waals surface area (Å²) in [5, 5.41) is 0. The molecule has 4 heteroatoms. The molecule has 1 saturated heterocycles. The van der Waals surface area contributed by atoms with Crippen molar-refractivity contribution < 1.29 is 4.79 Å². The van der Waals surface area contributed by atoms with Gasteiger partial charge >= 0.3 is 0 Å². The quantitative estimate of drug-likeness (QED) is 0.814. The number of piperazine rings is 1. The van der Waals surface area contributed by atoms with Crippen LogP contribution in [-0.2, 0) is 0 Å². The maximum Gasteiger partial charge on any atom is 0.254 e. The van der Waals surface area contributed by atoms with Crippen molar-refractivity contribution in [1.82, 2.24) is 14.8 Å². The molecule has 0 spiro atoms. The van der Waals surface area contributed by atoms with Crippen LogP contribution in [0.1, 0.15) is 30.6 Å². The first kappa shape index (κ1) is 13.0. The Morgan fingerprint density at radius 3 is 2.44 bits per heavy atom. The summed E-state index contributed by atoms with van der Waals surface area (Å²) in [5.74, 6) is 0.126. The fourth-order valence-electron chi connectivity index (χ4n) is 2.30. The van der Waals surface area contributed by atoms with E-state index in [0.29, 0.717) is 6.04 Å². The summed E-state index contributed by atoms with van der Waals surface area (Å²) in [4.78, 5) is 20.6. The molecular weight excluding hydrogens is 226 g/mol. The summed E-state index contributed by atoms with van der Waals surface area (Å²) < 4.78 is 0. The van der Waals surface area contributed by atoms with E-state index in [9.17, 15) is 4.79 Å². The van der Waals surface area contributed by atoms with E-state index < -0.39 is 0 Å². The number of pyridine rings is 1. The van der Waals surface area contributed by atoms with Crippen LogP contribution in [-0.4, -0.2) is 52.9 Å². The van der Waals surface area contributed by atoms with Crippen LogP contribution in [0.15, 0.2) is 24.5 Å². The highest BCUT2D eigenvalue weighted by molar-refractivity contribution is 5.94. The molecule has 0 aromatic carbocycles. The maximum absolute atomic E-state index is 12.2. The molecule has 1 fully saturated rings. The summed E-state index contributed by atoms with van der Waals surface area (Å²) in [6, 6.07) is 4.18. The molecule has 0 bridgehead atoms. The Kier molecular flexibility index (Phi) is 4.31. The van der Waals surface area contributed by atoms with Gasteiger partial charge in [-0.3, -0.25) is 14.7 Å². The number of carbonyl (C=O) groups is 1. The van der Waals surface area contributed by atoms with Crippen LogP contribution in [0, 0.1) is 0 Å². The molecule has 1 aromatic heterocycles. The van der Waals surface area contributed by atoms with Gasteiger partial charge in [-0.25, -0.2) is 0 Å². The molecule has 0 radical (unpaired) electrons. The molecule has 1 atom stereocenters. The Morgan fingerprint density at radius 2 is 1.89 bits per heavy atom. The van der Waals surface area contributed by atoms with Gasteiger partial charge in [0.1, 0.15) is 0 Å². The minimum absolute atomic E-state index is 0.126. The zero-order valence-corrected chi connectivity index (χ0v) is 11.2. The Bertz CT molecular complexity index is 385. The number of nitrogens with zero attached hydrogens (tertiary/aromatic N) is 3. The predicted molar refractivity (Wildman–Crippen MR) is 71.5 cm³/mol. The van der Waals surface area contributed by atoms with E-state index in [1.54, 1.807) is 24.5 Å². The van der Waals surface area contributed by atoms with E-state index in [1.807, 2.05) is 4.90 Å². The summed E-state index contributed by atoms with van der Waals surface area (Å²) in [7, 11) is 0. The SMILES string of the molecule is CCC(C)N1CCN(C(=O)c2ccncc2)CC1. The number of carbonyl (C=O) groups excluding carboxylic acids is 1. The molecule has 1 amide bonds. The van der Waals surface area contributed by atoms with Crippen molar-refractivity contribution in [3.63, 3.8) is 0 Å². The number of hydrogen-bond acceptors (Lipinski definition) is 3. The first-order chi connectivity index (χ1) is 8.72. The van der Waals surface area contributed by atoms with Crippen molar-refractivity contribution in [3.8, 4) is 0 Å². The van der Waals surface area contributed by atoms with Gasteiger partial charge in [-0.1, -0.05) is 6.92 Å². The molecule has 1 aromatic rings. The normalized spacial score (nSPS) is 18.7. The van der Waals surface area contributed by atoms with Crippen LogP contribution in [0.4, 0.5) is 0 Å². The first-order valence-corrected chi connectivity index (χ1v) is 6.65. The fraction of sp³-hybridized carbons (Fsp3) is 0.571. The summed E-state index contributed by atoms with van der Waals surface area (Å²) in [6.45, 7) is 8.06. The van der Waals surface area contributed by atoms with Gasteiger partial charge in [0.2, 0.25) is 0 Å². The lowest BCUT2D eigenvalue weighted by Gasteiger charge is -2.37. The molecule has 2 rings (SSSR count). The number of hydrogen-bond donors (Lipinski definition) is 0. The van der Waals surface area contributed by atoms with Crippen LogP contribution in [0.3, 0.4) is 0 Å². The molecular formula is C14H21N3O. The van der Waals surface area contributed by atoms with Gasteiger partial charge in [-0.2, -0.15) is 0 Å². The summed E-state index contributed by atoms with van der Waals surface area (Å²) >= 11 is 0. The lowest BCUT2D eigenvalue weighted by Crippen LogP contribution is -2.51. The Labute approximate surface area is 109 Å². The summed E-state index contributed by atoms with van der Waals surface area (Å²) in [5.41, 5.74) is 0.738. The molecule has 18 heavy (non-hydrogen) atoms. The van der Waals surface area contributed by atoms with E-state index in [0.717, 1.165) is 38.2 Å². The smallest absolute Gasteiger partial charge is 0.254 e. The second-order valence-corrected chi connectivity index (χ2v) is 4.82. The highest BCUT2D eigenvalue weighted by Crippen LogP contribution is 2.11. The van der Waals surface area contributed by atoms with Crippen LogP contribution in [0.2, 0.25) is 0 Å². The van der Waals surface area contributed by atoms with E-state index in [1.165, 1.54) is 0 Å². The van der Waals surface area contributed by atoms with Crippen molar-refractivity contribution in [3.05, 3.63) is 30.1 Å². The molecule has 1 aliphatic rings. The van der Waals surface area contributed by atoms with Gasteiger partial charge in [-0.05, 0) is 25.5 Å². The van der Waals surface area contributed by atoms with Gasteiger partial charge in [0.25, 0.3) is 5.91 Å². The summed E-state index contributed by atoms with van der Waals surface area (Å²) in [6.07, 6.45) is 4.50. The first-order valence-electron chi connectivity index (χ1n) is 6.65. The van der Waals surface area contributed by atoms with E-state index in [2.05, 4.69) is 23.7 Å². The number of aromatic nitrogens is 1. The van der Waals surface area contributed by atoms with Crippen molar-refractivity contribution in [2.24, 2.45) is 0 Å². The second kappa shape index (κ2) is 5.96. The zero-order valence-electron chi connectivity index (χ0n) is 11.2. The monoisotopic (exact) mass is 247 g/mol.